The van der Waals surface area contributed by atoms with Crippen LogP contribution in [-0.4, -0.2) is 5.05 Å². The van der Waals surface area contributed by atoms with Gasteiger partial charge in [-0.05, 0) is 67.4 Å². The highest BCUT2D eigenvalue weighted by Crippen LogP contribution is 2.30. The molecule has 0 fully saturated rings. The second kappa shape index (κ2) is 8.63. The number of rotatable bonds is 6. The van der Waals surface area contributed by atoms with Crippen LogP contribution in [-0.2, 0) is 13.0 Å². The summed E-state index contributed by atoms with van der Waals surface area (Å²) in [5, 5.41) is 0.577. The number of ether oxygens (including phenoxy) is 2. The zero-order chi connectivity index (χ0) is 17.7. The molecule has 0 aliphatic rings. The molecule has 0 atom stereocenters. The topological polar surface area (TPSA) is 18.5 Å². The Kier molecular flexibility index (Phi) is 6.81. The maximum Gasteiger partial charge on any atom is 0.167 e. The van der Waals surface area contributed by atoms with Crippen LogP contribution in [0, 0.1) is 13.8 Å². The SMILES string of the molecule is CCC(=S)Oc1cccc(Br)c1COc1cc(C)c(CC)cc1C. The van der Waals surface area contributed by atoms with E-state index in [1.54, 1.807) is 0 Å². The zero-order valence-corrected chi connectivity index (χ0v) is 17.0. The monoisotopic (exact) mass is 406 g/mol. The fourth-order valence-electron chi connectivity index (χ4n) is 2.51. The van der Waals surface area contributed by atoms with Gasteiger partial charge < -0.3 is 9.47 Å². The van der Waals surface area contributed by atoms with Gasteiger partial charge in [-0.25, -0.2) is 0 Å². The van der Waals surface area contributed by atoms with Crippen LogP contribution in [0.1, 0.15) is 42.5 Å². The molecular formula is C20H23BrO2S. The molecular weight excluding hydrogens is 384 g/mol. The Labute approximate surface area is 158 Å². The summed E-state index contributed by atoms with van der Waals surface area (Å²) in [5.74, 6) is 1.65. The van der Waals surface area contributed by atoms with E-state index in [4.69, 9.17) is 21.7 Å². The minimum absolute atomic E-state index is 0.425. The Morgan fingerprint density at radius 1 is 1.08 bits per heavy atom. The summed E-state index contributed by atoms with van der Waals surface area (Å²) < 4.78 is 12.8. The molecule has 0 saturated carbocycles. The molecule has 0 bridgehead atoms. The van der Waals surface area contributed by atoms with Crippen LogP contribution >= 0.6 is 28.1 Å². The van der Waals surface area contributed by atoms with E-state index in [2.05, 4.69) is 48.8 Å². The molecule has 0 aliphatic heterocycles. The average molecular weight is 407 g/mol. The van der Waals surface area contributed by atoms with Crippen LogP contribution in [0.2, 0.25) is 0 Å². The van der Waals surface area contributed by atoms with E-state index in [1.165, 1.54) is 11.1 Å². The summed E-state index contributed by atoms with van der Waals surface area (Å²) in [5.41, 5.74) is 4.73. The molecule has 0 spiro atoms. The van der Waals surface area contributed by atoms with E-state index in [-0.39, 0.29) is 0 Å². The van der Waals surface area contributed by atoms with Crippen molar-refractivity contribution in [1.82, 2.24) is 0 Å². The van der Waals surface area contributed by atoms with Crippen molar-refractivity contribution in [2.45, 2.75) is 47.1 Å². The largest absolute Gasteiger partial charge is 0.488 e. The van der Waals surface area contributed by atoms with Gasteiger partial charge in [-0.2, -0.15) is 0 Å². The van der Waals surface area contributed by atoms with Gasteiger partial charge in [0.1, 0.15) is 18.1 Å². The number of benzene rings is 2. The van der Waals surface area contributed by atoms with E-state index >= 15 is 0 Å². The van der Waals surface area contributed by atoms with E-state index in [0.717, 1.165) is 33.5 Å². The van der Waals surface area contributed by atoms with Gasteiger partial charge in [0, 0.05) is 16.5 Å². The first kappa shape index (κ1) is 18.9. The maximum atomic E-state index is 6.09. The van der Waals surface area contributed by atoms with E-state index < -0.39 is 0 Å². The molecule has 0 aromatic heterocycles. The molecule has 0 radical (unpaired) electrons. The van der Waals surface area contributed by atoms with Gasteiger partial charge in [0.25, 0.3) is 0 Å². The fraction of sp³-hybridized carbons (Fsp3) is 0.350. The maximum absolute atomic E-state index is 6.09. The van der Waals surface area contributed by atoms with Crippen molar-refractivity contribution in [2.24, 2.45) is 0 Å². The van der Waals surface area contributed by atoms with Crippen molar-refractivity contribution < 1.29 is 9.47 Å². The first-order valence-electron chi connectivity index (χ1n) is 8.17. The predicted molar refractivity (Wildman–Crippen MR) is 107 cm³/mol. The molecule has 0 aliphatic carbocycles. The first-order chi connectivity index (χ1) is 11.5. The molecule has 4 heteroatoms. The Hall–Kier alpha value is -1.39. The molecule has 2 nitrogen and oxygen atoms in total. The van der Waals surface area contributed by atoms with Gasteiger partial charge in [-0.3, -0.25) is 0 Å². The van der Waals surface area contributed by atoms with E-state index in [1.807, 2.05) is 25.1 Å². The van der Waals surface area contributed by atoms with Crippen LogP contribution < -0.4 is 9.47 Å². The summed E-state index contributed by atoms with van der Waals surface area (Å²) in [6.07, 6.45) is 1.74. The summed E-state index contributed by atoms with van der Waals surface area (Å²) in [6, 6.07) is 10.2. The van der Waals surface area contributed by atoms with Gasteiger partial charge in [0.15, 0.2) is 5.05 Å². The van der Waals surface area contributed by atoms with Crippen LogP contribution in [0.25, 0.3) is 0 Å². The predicted octanol–water partition coefficient (Wildman–Crippen LogP) is 6.32. The number of aryl methyl sites for hydroxylation is 3. The van der Waals surface area contributed by atoms with Gasteiger partial charge >= 0.3 is 0 Å². The number of thiocarbonyl (C=S) groups is 1. The average Bonchev–Trinajstić information content (AvgIpc) is 2.56. The lowest BCUT2D eigenvalue weighted by Gasteiger charge is -2.16. The Bertz CT molecular complexity index is 741. The Morgan fingerprint density at radius 2 is 1.83 bits per heavy atom. The highest BCUT2D eigenvalue weighted by Gasteiger charge is 2.12. The molecule has 24 heavy (non-hydrogen) atoms. The van der Waals surface area contributed by atoms with Crippen molar-refractivity contribution in [3.8, 4) is 11.5 Å². The minimum atomic E-state index is 0.425. The molecule has 0 N–H and O–H groups in total. The lowest BCUT2D eigenvalue weighted by atomic mass is 10.0. The lowest BCUT2D eigenvalue weighted by molar-refractivity contribution is 0.299. The van der Waals surface area contributed by atoms with Crippen LogP contribution in [0.5, 0.6) is 11.5 Å². The second-order valence-electron chi connectivity index (χ2n) is 5.73. The number of halogens is 1. The quantitative estimate of drug-likeness (QED) is 0.522. The fourth-order valence-corrected chi connectivity index (χ4v) is 3.06. The highest BCUT2D eigenvalue weighted by atomic mass is 79.9. The smallest absolute Gasteiger partial charge is 0.167 e. The van der Waals surface area contributed by atoms with Crippen molar-refractivity contribution in [3.63, 3.8) is 0 Å². The van der Waals surface area contributed by atoms with Gasteiger partial charge in [-0.1, -0.05) is 41.9 Å². The van der Waals surface area contributed by atoms with Gasteiger partial charge in [0.2, 0.25) is 0 Å². The second-order valence-corrected chi connectivity index (χ2v) is 7.04. The number of hydrogen-bond donors (Lipinski definition) is 0. The van der Waals surface area contributed by atoms with Gasteiger partial charge in [0.05, 0.1) is 0 Å². The zero-order valence-electron chi connectivity index (χ0n) is 14.6. The van der Waals surface area contributed by atoms with E-state index in [0.29, 0.717) is 18.1 Å². The first-order valence-corrected chi connectivity index (χ1v) is 9.37. The molecule has 2 rings (SSSR count). The van der Waals surface area contributed by atoms with Crippen LogP contribution in [0.15, 0.2) is 34.8 Å². The van der Waals surface area contributed by atoms with Crippen molar-refractivity contribution in [3.05, 3.63) is 57.1 Å². The molecule has 0 unspecified atom stereocenters. The third kappa shape index (κ3) is 4.58. The standard InChI is InChI=1S/C20H23BrO2S/c1-5-15-10-14(4)19(11-13(15)3)22-12-16-17(21)8-7-9-18(16)23-20(24)6-2/h7-11H,5-6,12H2,1-4H3. The summed E-state index contributed by atoms with van der Waals surface area (Å²) >= 11 is 8.79. The third-order valence-corrected chi connectivity index (χ3v) is 5.09. The minimum Gasteiger partial charge on any atom is -0.488 e. The molecule has 0 heterocycles. The molecule has 128 valence electrons. The molecule has 0 saturated heterocycles. The van der Waals surface area contributed by atoms with E-state index in [9.17, 15) is 0 Å². The normalized spacial score (nSPS) is 10.5. The van der Waals surface area contributed by atoms with Gasteiger partial charge in [-0.15, -0.1) is 0 Å². The lowest BCUT2D eigenvalue weighted by Crippen LogP contribution is -2.07. The Balaban J connectivity index is 2.23. The van der Waals surface area contributed by atoms with Crippen molar-refractivity contribution in [1.29, 1.82) is 0 Å². The molecule has 2 aromatic carbocycles. The van der Waals surface area contributed by atoms with Crippen LogP contribution in [0.4, 0.5) is 0 Å². The Morgan fingerprint density at radius 3 is 2.50 bits per heavy atom. The molecule has 2 aromatic rings. The summed E-state index contributed by atoms with van der Waals surface area (Å²) in [4.78, 5) is 0. The summed E-state index contributed by atoms with van der Waals surface area (Å²) in [7, 11) is 0. The van der Waals surface area contributed by atoms with Crippen LogP contribution in [0.3, 0.4) is 0 Å². The summed E-state index contributed by atoms with van der Waals surface area (Å²) in [6.45, 7) is 8.78. The van der Waals surface area contributed by atoms with Crippen molar-refractivity contribution >= 4 is 33.2 Å². The van der Waals surface area contributed by atoms with Crippen molar-refractivity contribution in [2.75, 3.05) is 0 Å². The highest BCUT2D eigenvalue weighted by molar-refractivity contribution is 9.10. The molecule has 0 amide bonds. The third-order valence-electron chi connectivity index (χ3n) is 3.97. The number of hydrogen-bond acceptors (Lipinski definition) is 3.